The minimum atomic E-state index is 0.456. The molecule has 114 valence electrons. The number of para-hydroxylation sites is 1. The van der Waals surface area contributed by atoms with Gasteiger partial charge in [-0.2, -0.15) is 0 Å². The highest BCUT2D eigenvalue weighted by Crippen LogP contribution is 2.37. The number of benzene rings is 1. The standard InChI is InChI=1S/C16H22N2O3/c1-11(2)17-9-8-15-18-10-14(21-15)12-6-5-7-13(19-3)16(12)20-4/h5-7,10-11,17H,8-9H2,1-4H3. The number of hydrogen-bond donors (Lipinski definition) is 1. The fourth-order valence-electron chi connectivity index (χ4n) is 2.10. The Kier molecular flexibility index (Phi) is 5.22. The Balaban J connectivity index is 2.17. The van der Waals surface area contributed by atoms with Crippen LogP contribution >= 0.6 is 0 Å². The molecule has 2 aromatic rings. The predicted molar refractivity (Wildman–Crippen MR) is 81.9 cm³/mol. The number of ether oxygens (including phenoxy) is 2. The molecule has 0 saturated carbocycles. The van der Waals surface area contributed by atoms with E-state index >= 15 is 0 Å². The van der Waals surface area contributed by atoms with Crippen molar-refractivity contribution in [2.45, 2.75) is 26.3 Å². The summed E-state index contributed by atoms with van der Waals surface area (Å²) in [5, 5.41) is 3.34. The molecule has 1 aromatic heterocycles. The average molecular weight is 290 g/mol. The molecule has 0 fully saturated rings. The molecule has 0 atom stereocenters. The summed E-state index contributed by atoms with van der Waals surface area (Å²) in [5.41, 5.74) is 0.840. The van der Waals surface area contributed by atoms with Crippen LogP contribution in [0, 0.1) is 0 Å². The zero-order valence-electron chi connectivity index (χ0n) is 13.0. The summed E-state index contributed by atoms with van der Waals surface area (Å²) in [6.45, 7) is 5.07. The van der Waals surface area contributed by atoms with Crippen molar-refractivity contribution in [1.82, 2.24) is 10.3 Å². The molecule has 0 radical (unpaired) electrons. The van der Waals surface area contributed by atoms with Crippen molar-refractivity contribution >= 4 is 0 Å². The molecule has 1 heterocycles. The van der Waals surface area contributed by atoms with Crippen LogP contribution < -0.4 is 14.8 Å². The van der Waals surface area contributed by atoms with Gasteiger partial charge in [-0.05, 0) is 12.1 Å². The molecule has 0 saturated heterocycles. The van der Waals surface area contributed by atoms with Crippen LogP contribution in [0.1, 0.15) is 19.7 Å². The SMILES string of the molecule is COc1cccc(-c2cnc(CCNC(C)C)o2)c1OC. The lowest BCUT2D eigenvalue weighted by atomic mass is 10.1. The summed E-state index contributed by atoms with van der Waals surface area (Å²) < 4.78 is 16.5. The van der Waals surface area contributed by atoms with Gasteiger partial charge in [-0.1, -0.05) is 19.9 Å². The lowest BCUT2D eigenvalue weighted by Gasteiger charge is -2.10. The predicted octanol–water partition coefficient (Wildman–Crippen LogP) is 2.90. The summed E-state index contributed by atoms with van der Waals surface area (Å²) in [7, 11) is 3.23. The van der Waals surface area contributed by atoms with Gasteiger partial charge in [0.05, 0.1) is 26.0 Å². The summed E-state index contributed by atoms with van der Waals surface area (Å²) in [4.78, 5) is 4.32. The Morgan fingerprint density at radius 3 is 2.71 bits per heavy atom. The van der Waals surface area contributed by atoms with Gasteiger partial charge in [-0.15, -0.1) is 0 Å². The monoisotopic (exact) mass is 290 g/mol. The number of oxazole rings is 1. The van der Waals surface area contributed by atoms with E-state index in [1.807, 2.05) is 18.2 Å². The van der Waals surface area contributed by atoms with Crippen molar-refractivity contribution < 1.29 is 13.9 Å². The maximum absolute atomic E-state index is 5.81. The number of nitrogens with one attached hydrogen (secondary N) is 1. The van der Waals surface area contributed by atoms with Crippen LogP contribution in [-0.2, 0) is 6.42 Å². The van der Waals surface area contributed by atoms with Crippen LogP contribution in [0.2, 0.25) is 0 Å². The zero-order chi connectivity index (χ0) is 15.2. The van der Waals surface area contributed by atoms with Crippen molar-refractivity contribution in [2.24, 2.45) is 0 Å². The molecule has 0 aliphatic carbocycles. The molecule has 1 aromatic carbocycles. The number of methoxy groups -OCH3 is 2. The van der Waals surface area contributed by atoms with E-state index in [2.05, 4.69) is 24.1 Å². The first-order valence-electron chi connectivity index (χ1n) is 7.05. The molecule has 0 spiro atoms. The van der Waals surface area contributed by atoms with Crippen molar-refractivity contribution in [3.63, 3.8) is 0 Å². The second-order valence-electron chi connectivity index (χ2n) is 5.02. The first-order valence-corrected chi connectivity index (χ1v) is 7.05. The highest BCUT2D eigenvalue weighted by atomic mass is 16.5. The second kappa shape index (κ2) is 7.13. The van der Waals surface area contributed by atoms with E-state index < -0.39 is 0 Å². The second-order valence-corrected chi connectivity index (χ2v) is 5.02. The average Bonchev–Trinajstić information content (AvgIpc) is 2.94. The molecular formula is C16H22N2O3. The minimum Gasteiger partial charge on any atom is -0.493 e. The molecule has 21 heavy (non-hydrogen) atoms. The largest absolute Gasteiger partial charge is 0.493 e. The summed E-state index contributed by atoms with van der Waals surface area (Å²) in [6, 6.07) is 6.14. The highest BCUT2D eigenvalue weighted by molar-refractivity contribution is 5.69. The molecule has 0 aliphatic heterocycles. The molecule has 1 N–H and O–H groups in total. The van der Waals surface area contributed by atoms with Gasteiger partial charge < -0.3 is 19.2 Å². The van der Waals surface area contributed by atoms with E-state index in [9.17, 15) is 0 Å². The van der Waals surface area contributed by atoms with Gasteiger partial charge in [-0.3, -0.25) is 0 Å². The third kappa shape index (κ3) is 3.76. The number of rotatable bonds is 7. The maximum Gasteiger partial charge on any atom is 0.196 e. The van der Waals surface area contributed by atoms with Crippen LogP contribution in [0.25, 0.3) is 11.3 Å². The van der Waals surface area contributed by atoms with Crippen LogP contribution in [0.3, 0.4) is 0 Å². The van der Waals surface area contributed by atoms with E-state index in [-0.39, 0.29) is 0 Å². The summed E-state index contributed by atoms with van der Waals surface area (Å²) in [6.07, 6.45) is 2.48. The van der Waals surface area contributed by atoms with Crippen molar-refractivity contribution in [3.05, 3.63) is 30.3 Å². The summed E-state index contributed by atoms with van der Waals surface area (Å²) >= 11 is 0. The van der Waals surface area contributed by atoms with Crippen LogP contribution in [0.4, 0.5) is 0 Å². The zero-order valence-corrected chi connectivity index (χ0v) is 13.0. The van der Waals surface area contributed by atoms with Gasteiger partial charge in [0, 0.05) is 19.0 Å². The topological polar surface area (TPSA) is 56.5 Å². The van der Waals surface area contributed by atoms with E-state index in [0.717, 1.165) is 18.5 Å². The number of hydrogen-bond acceptors (Lipinski definition) is 5. The quantitative estimate of drug-likeness (QED) is 0.849. The van der Waals surface area contributed by atoms with Crippen molar-refractivity contribution in [3.8, 4) is 22.8 Å². The molecule has 0 amide bonds. The maximum atomic E-state index is 5.81. The molecule has 0 bridgehead atoms. The van der Waals surface area contributed by atoms with Crippen molar-refractivity contribution in [2.75, 3.05) is 20.8 Å². The molecule has 0 aliphatic rings. The normalized spacial score (nSPS) is 10.9. The summed E-state index contributed by atoms with van der Waals surface area (Å²) in [5.74, 6) is 2.73. The van der Waals surface area contributed by atoms with Crippen molar-refractivity contribution in [1.29, 1.82) is 0 Å². The smallest absolute Gasteiger partial charge is 0.196 e. The van der Waals surface area contributed by atoms with E-state index in [0.29, 0.717) is 29.2 Å². The Labute approximate surface area is 125 Å². The van der Waals surface area contributed by atoms with Gasteiger partial charge >= 0.3 is 0 Å². The molecule has 0 unspecified atom stereocenters. The first kappa shape index (κ1) is 15.4. The third-order valence-electron chi connectivity index (χ3n) is 3.11. The van der Waals surface area contributed by atoms with E-state index in [1.165, 1.54) is 0 Å². The minimum absolute atomic E-state index is 0.456. The van der Waals surface area contributed by atoms with Gasteiger partial charge in [0.1, 0.15) is 0 Å². The number of nitrogens with zero attached hydrogens (tertiary/aromatic N) is 1. The molecular weight excluding hydrogens is 268 g/mol. The van der Waals surface area contributed by atoms with Gasteiger partial charge in [0.15, 0.2) is 23.1 Å². The Bertz CT molecular complexity index is 579. The lowest BCUT2D eigenvalue weighted by molar-refractivity contribution is 0.355. The van der Waals surface area contributed by atoms with Crippen LogP contribution in [0.15, 0.2) is 28.8 Å². The van der Waals surface area contributed by atoms with Gasteiger partial charge in [-0.25, -0.2) is 4.98 Å². The van der Waals surface area contributed by atoms with Crippen LogP contribution in [-0.4, -0.2) is 31.8 Å². The van der Waals surface area contributed by atoms with Gasteiger partial charge in [0.25, 0.3) is 0 Å². The fraction of sp³-hybridized carbons (Fsp3) is 0.438. The van der Waals surface area contributed by atoms with Gasteiger partial charge in [0.2, 0.25) is 0 Å². The third-order valence-corrected chi connectivity index (χ3v) is 3.11. The first-order chi connectivity index (χ1) is 10.2. The lowest BCUT2D eigenvalue weighted by Crippen LogP contribution is -2.24. The van der Waals surface area contributed by atoms with E-state index in [4.69, 9.17) is 13.9 Å². The molecule has 2 rings (SSSR count). The Hall–Kier alpha value is -2.01. The van der Waals surface area contributed by atoms with Crippen LogP contribution in [0.5, 0.6) is 11.5 Å². The Morgan fingerprint density at radius 2 is 2.05 bits per heavy atom. The highest BCUT2D eigenvalue weighted by Gasteiger charge is 2.15. The fourth-order valence-corrected chi connectivity index (χ4v) is 2.10. The molecule has 5 heteroatoms. The van der Waals surface area contributed by atoms with E-state index in [1.54, 1.807) is 20.4 Å². The Morgan fingerprint density at radius 1 is 1.24 bits per heavy atom. The number of aromatic nitrogens is 1. The molecule has 5 nitrogen and oxygen atoms in total.